The van der Waals surface area contributed by atoms with E-state index in [2.05, 4.69) is 27.7 Å². The highest BCUT2D eigenvalue weighted by Crippen LogP contribution is 2.16. The fraction of sp³-hybridized carbons (Fsp3) is 1.00. The molecule has 0 amide bonds. The molecule has 0 aliphatic heterocycles. The average molecular weight is 255 g/mol. The van der Waals surface area contributed by atoms with Gasteiger partial charge in [0.2, 0.25) is 0 Å². The van der Waals surface area contributed by atoms with Crippen LogP contribution in [0.3, 0.4) is 0 Å². The third-order valence-corrected chi connectivity index (χ3v) is 4.44. The van der Waals surface area contributed by atoms with Gasteiger partial charge in [-0.05, 0) is 24.7 Å². The fourth-order valence-corrected chi connectivity index (χ4v) is 2.36. The first-order valence-corrected chi connectivity index (χ1v) is 8.35. The van der Waals surface area contributed by atoms with Crippen LogP contribution in [0.4, 0.5) is 0 Å². The maximum Gasteiger partial charge on any atom is 0.00388 e. The summed E-state index contributed by atoms with van der Waals surface area (Å²) in [5.74, 6) is 1.79. The van der Waals surface area contributed by atoms with Gasteiger partial charge < -0.3 is 5.73 Å². The van der Waals surface area contributed by atoms with E-state index in [1.54, 1.807) is 0 Å². The highest BCUT2D eigenvalue weighted by Gasteiger charge is 2.05. The first-order valence-electron chi connectivity index (χ1n) is 8.35. The Morgan fingerprint density at radius 1 is 0.667 bits per heavy atom. The second-order valence-electron chi connectivity index (χ2n) is 6.36. The molecule has 0 fully saturated rings. The Labute approximate surface area is 116 Å². The summed E-state index contributed by atoms with van der Waals surface area (Å²) in [5.41, 5.74) is 6.17. The van der Waals surface area contributed by atoms with Crippen molar-refractivity contribution in [3.05, 3.63) is 0 Å². The summed E-state index contributed by atoms with van der Waals surface area (Å²) in [5, 5.41) is 0. The zero-order valence-corrected chi connectivity index (χ0v) is 13.4. The molecule has 3 unspecified atom stereocenters. The van der Waals surface area contributed by atoms with Gasteiger partial charge in [0.15, 0.2) is 0 Å². The minimum absolute atomic E-state index is 0.456. The van der Waals surface area contributed by atoms with Crippen molar-refractivity contribution in [2.24, 2.45) is 17.6 Å². The first-order chi connectivity index (χ1) is 8.60. The van der Waals surface area contributed by atoms with Crippen molar-refractivity contribution in [1.29, 1.82) is 0 Å². The molecular weight excluding hydrogens is 218 g/mol. The molecule has 0 aliphatic carbocycles. The Balaban J connectivity index is 3.29. The Kier molecular flexibility index (Phi) is 12.0. The second-order valence-corrected chi connectivity index (χ2v) is 6.36. The highest BCUT2D eigenvalue weighted by atomic mass is 14.6. The summed E-state index contributed by atoms with van der Waals surface area (Å²) < 4.78 is 0. The van der Waals surface area contributed by atoms with Crippen LogP contribution in [0.1, 0.15) is 91.9 Å². The van der Waals surface area contributed by atoms with E-state index in [1.165, 1.54) is 64.2 Å². The normalized spacial score (nSPS) is 16.5. The van der Waals surface area contributed by atoms with Gasteiger partial charge in [0.25, 0.3) is 0 Å². The Morgan fingerprint density at radius 2 is 1.11 bits per heavy atom. The molecule has 0 heterocycles. The van der Waals surface area contributed by atoms with E-state index in [1.807, 2.05) is 0 Å². The molecular formula is C17H37N. The predicted molar refractivity (Wildman–Crippen MR) is 83.8 cm³/mol. The fourth-order valence-electron chi connectivity index (χ4n) is 2.36. The molecule has 0 aromatic rings. The van der Waals surface area contributed by atoms with Crippen LogP contribution in [-0.4, -0.2) is 6.04 Å². The van der Waals surface area contributed by atoms with Crippen LogP contribution < -0.4 is 5.73 Å². The number of hydrogen-bond acceptors (Lipinski definition) is 1. The lowest BCUT2D eigenvalue weighted by Crippen LogP contribution is -2.19. The van der Waals surface area contributed by atoms with Crippen LogP contribution in [0.2, 0.25) is 0 Å². The van der Waals surface area contributed by atoms with E-state index in [4.69, 9.17) is 5.73 Å². The molecule has 0 aromatic heterocycles. The summed E-state index contributed by atoms with van der Waals surface area (Å²) in [4.78, 5) is 0. The smallest absolute Gasteiger partial charge is 0.00388 e. The third-order valence-electron chi connectivity index (χ3n) is 4.44. The maximum absolute atomic E-state index is 6.17. The molecule has 1 nitrogen and oxygen atoms in total. The molecule has 0 saturated carbocycles. The van der Waals surface area contributed by atoms with Crippen LogP contribution in [0, 0.1) is 11.8 Å². The summed E-state index contributed by atoms with van der Waals surface area (Å²) in [6.07, 6.45) is 13.3. The molecule has 0 spiro atoms. The number of rotatable bonds is 12. The lowest BCUT2D eigenvalue weighted by Gasteiger charge is -2.13. The Morgan fingerprint density at radius 3 is 1.67 bits per heavy atom. The van der Waals surface area contributed by atoms with Crippen molar-refractivity contribution in [3.63, 3.8) is 0 Å². The van der Waals surface area contributed by atoms with E-state index in [9.17, 15) is 0 Å². The van der Waals surface area contributed by atoms with Crippen molar-refractivity contribution in [2.45, 2.75) is 97.9 Å². The van der Waals surface area contributed by atoms with Gasteiger partial charge in [-0.3, -0.25) is 0 Å². The maximum atomic E-state index is 6.17. The van der Waals surface area contributed by atoms with Crippen LogP contribution in [0.15, 0.2) is 0 Å². The zero-order valence-electron chi connectivity index (χ0n) is 13.4. The number of hydrogen-bond donors (Lipinski definition) is 1. The number of unbranched alkanes of at least 4 members (excludes halogenated alkanes) is 2. The van der Waals surface area contributed by atoms with Gasteiger partial charge in [-0.25, -0.2) is 0 Å². The van der Waals surface area contributed by atoms with E-state index < -0.39 is 0 Å². The van der Waals surface area contributed by atoms with Crippen LogP contribution >= 0.6 is 0 Å². The molecule has 0 aromatic carbocycles. The summed E-state index contributed by atoms with van der Waals surface area (Å²) in [6, 6.07) is 0.456. The SMILES string of the molecule is CCC(C)CCCCCC(N)CCCC(C)CC. The van der Waals surface area contributed by atoms with E-state index in [-0.39, 0.29) is 0 Å². The summed E-state index contributed by atoms with van der Waals surface area (Å²) >= 11 is 0. The van der Waals surface area contributed by atoms with Gasteiger partial charge in [-0.1, -0.05) is 79.1 Å². The van der Waals surface area contributed by atoms with Crippen molar-refractivity contribution in [3.8, 4) is 0 Å². The molecule has 1 heteroatoms. The van der Waals surface area contributed by atoms with Gasteiger partial charge >= 0.3 is 0 Å². The van der Waals surface area contributed by atoms with Gasteiger partial charge in [0, 0.05) is 6.04 Å². The van der Waals surface area contributed by atoms with E-state index in [0.717, 1.165) is 11.8 Å². The van der Waals surface area contributed by atoms with Gasteiger partial charge in [0.1, 0.15) is 0 Å². The lowest BCUT2D eigenvalue weighted by atomic mass is 9.96. The standard InChI is InChI=1S/C17H37N/c1-5-15(3)11-8-7-9-13-17(18)14-10-12-16(4)6-2/h15-17H,5-14,18H2,1-4H3. The Hall–Kier alpha value is -0.0400. The second kappa shape index (κ2) is 12.0. The average Bonchev–Trinajstić information content (AvgIpc) is 2.37. The monoisotopic (exact) mass is 255 g/mol. The molecule has 2 N–H and O–H groups in total. The Bertz CT molecular complexity index is 167. The topological polar surface area (TPSA) is 26.0 Å². The van der Waals surface area contributed by atoms with Gasteiger partial charge in [0.05, 0.1) is 0 Å². The van der Waals surface area contributed by atoms with Crippen molar-refractivity contribution in [2.75, 3.05) is 0 Å². The van der Waals surface area contributed by atoms with Gasteiger partial charge in [-0.2, -0.15) is 0 Å². The minimum atomic E-state index is 0.456. The molecule has 0 bridgehead atoms. The molecule has 110 valence electrons. The molecule has 0 radical (unpaired) electrons. The predicted octanol–water partition coefficient (Wildman–Crippen LogP) is 5.53. The third kappa shape index (κ3) is 11.1. The van der Waals surface area contributed by atoms with E-state index in [0.29, 0.717) is 6.04 Å². The van der Waals surface area contributed by atoms with Gasteiger partial charge in [-0.15, -0.1) is 0 Å². The van der Waals surface area contributed by atoms with Crippen molar-refractivity contribution in [1.82, 2.24) is 0 Å². The van der Waals surface area contributed by atoms with Crippen molar-refractivity contribution >= 4 is 0 Å². The zero-order chi connectivity index (χ0) is 13.8. The van der Waals surface area contributed by atoms with Crippen LogP contribution in [0.5, 0.6) is 0 Å². The largest absolute Gasteiger partial charge is 0.328 e. The quantitative estimate of drug-likeness (QED) is 0.456. The molecule has 18 heavy (non-hydrogen) atoms. The molecule has 0 rings (SSSR count). The molecule has 0 saturated heterocycles. The van der Waals surface area contributed by atoms with Crippen molar-refractivity contribution < 1.29 is 0 Å². The first kappa shape index (κ1) is 18.0. The number of nitrogens with two attached hydrogens (primary N) is 1. The molecule has 0 aliphatic rings. The molecule has 3 atom stereocenters. The van der Waals surface area contributed by atoms with Crippen LogP contribution in [-0.2, 0) is 0 Å². The van der Waals surface area contributed by atoms with Crippen LogP contribution in [0.25, 0.3) is 0 Å². The van der Waals surface area contributed by atoms with E-state index >= 15 is 0 Å². The summed E-state index contributed by atoms with van der Waals surface area (Å²) in [6.45, 7) is 9.28. The lowest BCUT2D eigenvalue weighted by molar-refractivity contribution is 0.433. The highest BCUT2D eigenvalue weighted by molar-refractivity contribution is 4.63. The minimum Gasteiger partial charge on any atom is -0.328 e. The summed E-state index contributed by atoms with van der Waals surface area (Å²) in [7, 11) is 0.